The van der Waals surface area contributed by atoms with Gasteiger partial charge in [-0.2, -0.15) is 0 Å². The summed E-state index contributed by atoms with van der Waals surface area (Å²) in [5.41, 5.74) is -0.562. The molecule has 9 heteroatoms. The molecule has 0 unspecified atom stereocenters. The SMILES string of the molecule is Cn1cnc2c(c(F)cn2[C@@H]2O[C@H](CO)[C@@H](O)[C@H]2O)c1=O. The van der Waals surface area contributed by atoms with E-state index in [0.717, 1.165) is 15.3 Å². The van der Waals surface area contributed by atoms with Crippen LogP contribution in [0.3, 0.4) is 0 Å². The molecule has 0 bridgehead atoms. The number of aliphatic hydroxyl groups is 3. The fourth-order valence-corrected chi connectivity index (χ4v) is 2.49. The molecular weight excluding hydrogens is 285 g/mol. The van der Waals surface area contributed by atoms with Gasteiger partial charge in [-0.15, -0.1) is 0 Å². The van der Waals surface area contributed by atoms with Crippen molar-refractivity contribution in [2.75, 3.05) is 6.61 Å². The molecule has 114 valence electrons. The van der Waals surface area contributed by atoms with Gasteiger partial charge in [-0.25, -0.2) is 9.37 Å². The third kappa shape index (κ3) is 1.97. The first-order valence-electron chi connectivity index (χ1n) is 6.29. The summed E-state index contributed by atoms with van der Waals surface area (Å²) < 4.78 is 21.6. The fraction of sp³-hybridized carbons (Fsp3) is 0.500. The van der Waals surface area contributed by atoms with Crippen LogP contribution in [0.2, 0.25) is 0 Å². The van der Waals surface area contributed by atoms with Crippen LogP contribution in [0.5, 0.6) is 0 Å². The summed E-state index contributed by atoms with van der Waals surface area (Å²) in [4.78, 5) is 15.9. The predicted molar refractivity (Wildman–Crippen MR) is 67.9 cm³/mol. The lowest BCUT2D eigenvalue weighted by Crippen LogP contribution is -2.33. The molecule has 0 aromatic carbocycles. The molecular formula is C12H14FN3O5. The summed E-state index contributed by atoms with van der Waals surface area (Å²) in [6.45, 7) is -0.494. The van der Waals surface area contributed by atoms with Gasteiger partial charge in [0.05, 0.1) is 12.9 Å². The van der Waals surface area contributed by atoms with Crippen LogP contribution in [-0.2, 0) is 11.8 Å². The van der Waals surface area contributed by atoms with Crippen molar-refractivity contribution in [3.63, 3.8) is 0 Å². The van der Waals surface area contributed by atoms with Gasteiger partial charge < -0.3 is 29.2 Å². The van der Waals surface area contributed by atoms with Gasteiger partial charge in [-0.1, -0.05) is 0 Å². The van der Waals surface area contributed by atoms with Crippen molar-refractivity contribution in [3.8, 4) is 0 Å². The van der Waals surface area contributed by atoms with Gasteiger partial charge >= 0.3 is 0 Å². The minimum atomic E-state index is -1.37. The zero-order chi connectivity index (χ0) is 15.3. The third-order valence-corrected chi connectivity index (χ3v) is 3.64. The van der Waals surface area contributed by atoms with Crippen molar-refractivity contribution >= 4 is 11.0 Å². The second-order valence-electron chi connectivity index (χ2n) is 4.97. The van der Waals surface area contributed by atoms with E-state index >= 15 is 0 Å². The van der Waals surface area contributed by atoms with Crippen LogP contribution in [0.4, 0.5) is 4.39 Å². The fourth-order valence-electron chi connectivity index (χ4n) is 2.49. The molecule has 1 saturated heterocycles. The van der Waals surface area contributed by atoms with Crippen LogP contribution in [0.1, 0.15) is 6.23 Å². The van der Waals surface area contributed by atoms with Gasteiger partial charge in [0.2, 0.25) is 0 Å². The van der Waals surface area contributed by atoms with E-state index in [1.807, 2.05) is 0 Å². The Bertz CT molecular complexity index is 742. The Morgan fingerprint density at radius 3 is 2.76 bits per heavy atom. The van der Waals surface area contributed by atoms with Crippen molar-refractivity contribution in [3.05, 3.63) is 28.7 Å². The maximum atomic E-state index is 14.0. The summed E-state index contributed by atoms with van der Waals surface area (Å²) in [6, 6.07) is 0. The summed E-state index contributed by atoms with van der Waals surface area (Å²) in [5, 5.41) is 28.5. The summed E-state index contributed by atoms with van der Waals surface area (Å²) >= 11 is 0. The average Bonchev–Trinajstić information content (AvgIpc) is 2.94. The first-order valence-corrected chi connectivity index (χ1v) is 6.29. The minimum absolute atomic E-state index is 0.00504. The Balaban J connectivity index is 2.14. The molecule has 0 aliphatic carbocycles. The molecule has 21 heavy (non-hydrogen) atoms. The third-order valence-electron chi connectivity index (χ3n) is 3.64. The Hall–Kier alpha value is -1.81. The molecule has 3 N–H and O–H groups in total. The maximum Gasteiger partial charge on any atom is 0.265 e. The largest absolute Gasteiger partial charge is 0.394 e. The second kappa shape index (κ2) is 4.88. The van der Waals surface area contributed by atoms with Crippen LogP contribution in [-0.4, -0.2) is 54.4 Å². The Labute approximate surface area is 117 Å². The molecule has 2 aromatic heterocycles. The first kappa shape index (κ1) is 14.1. The van der Waals surface area contributed by atoms with Gasteiger partial charge in [0, 0.05) is 13.2 Å². The second-order valence-corrected chi connectivity index (χ2v) is 4.97. The topological polar surface area (TPSA) is 110 Å². The molecule has 3 heterocycles. The summed E-state index contributed by atoms with van der Waals surface area (Å²) in [5.74, 6) is -0.795. The maximum absolute atomic E-state index is 14.0. The predicted octanol–water partition coefficient (Wildman–Crippen LogP) is -1.51. The summed E-state index contributed by atoms with van der Waals surface area (Å²) in [7, 11) is 1.44. The number of halogens is 1. The van der Waals surface area contributed by atoms with E-state index in [9.17, 15) is 19.4 Å². The van der Waals surface area contributed by atoms with Crippen LogP contribution >= 0.6 is 0 Å². The molecule has 2 aromatic rings. The highest BCUT2D eigenvalue weighted by Gasteiger charge is 2.44. The van der Waals surface area contributed by atoms with E-state index in [4.69, 9.17) is 9.84 Å². The highest BCUT2D eigenvalue weighted by Crippen LogP contribution is 2.32. The lowest BCUT2D eigenvalue weighted by atomic mass is 10.1. The molecule has 1 aliphatic rings. The molecule has 0 spiro atoms. The zero-order valence-corrected chi connectivity index (χ0v) is 11.0. The van der Waals surface area contributed by atoms with E-state index in [-0.39, 0.29) is 11.0 Å². The number of rotatable bonds is 2. The standard InChI is InChI=1S/C12H14FN3O5/c1-15-4-14-10-7(11(15)20)5(13)2-16(10)12-9(19)8(18)6(3-17)21-12/h2,4,6,8-9,12,17-19H,3H2,1H3/t6-,8-,9-,12-/m1/s1. The lowest BCUT2D eigenvalue weighted by Gasteiger charge is -2.17. The van der Waals surface area contributed by atoms with Crippen molar-refractivity contribution in [1.29, 1.82) is 0 Å². The normalized spacial score (nSPS) is 29.4. The van der Waals surface area contributed by atoms with Crippen LogP contribution in [0, 0.1) is 5.82 Å². The van der Waals surface area contributed by atoms with E-state index < -0.39 is 42.5 Å². The number of aryl methyl sites for hydroxylation is 1. The van der Waals surface area contributed by atoms with Crippen LogP contribution < -0.4 is 5.56 Å². The van der Waals surface area contributed by atoms with Gasteiger partial charge in [0.1, 0.15) is 23.7 Å². The molecule has 8 nitrogen and oxygen atoms in total. The van der Waals surface area contributed by atoms with E-state index in [1.165, 1.54) is 13.4 Å². The number of nitrogens with zero attached hydrogens (tertiary/aromatic N) is 3. The number of hydrogen-bond acceptors (Lipinski definition) is 6. The number of hydrogen-bond donors (Lipinski definition) is 3. The number of ether oxygens (including phenoxy) is 1. The number of fused-ring (bicyclic) bond motifs is 1. The molecule has 0 amide bonds. The minimum Gasteiger partial charge on any atom is -0.394 e. The molecule has 0 radical (unpaired) electrons. The number of aliphatic hydroxyl groups excluding tert-OH is 3. The highest BCUT2D eigenvalue weighted by atomic mass is 19.1. The van der Waals surface area contributed by atoms with E-state index in [1.54, 1.807) is 0 Å². The highest BCUT2D eigenvalue weighted by molar-refractivity contribution is 5.75. The van der Waals surface area contributed by atoms with E-state index in [0.29, 0.717) is 0 Å². The smallest absolute Gasteiger partial charge is 0.265 e. The van der Waals surface area contributed by atoms with Crippen molar-refractivity contribution in [2.24, 2.45) is 7.05 Å². The van der Waals surface area contributed by atoms with Crippen molar-refractivity contribution in [2.45, 2.75) is 24.5 Å². The molecule has 1 fully saturated rings. The molecule has 0 saturated carbocycles. The van der Waals surface area contributed by atoms with Crippen molar-refractivity contribution in [1.82, 2.24) is 14.1 Å². The average molecular weight is 299 g/mol. The molecule has 4 atom stereocenters. The number of aromatic nitrogens is 3. The Kier molecular flexibility index (Phi) is 3.29. The first-order chi connectivity index (χ1) is 9.95. The Morgan fingerprint density at radius 1 is 1.43 bits per heavy atom. The van der Waals surface area contributed by atoms with Gasteiger partial charge in [0.25, 0.3) is 5.56 Å². The van der Waals surface area contributed by atoms with Crippen LogP contribution in [0.25, 0.3) is 11.0 Å². The van der Waals surface area contributed by atoms with Gasteiger partial charge in [-0.05, 0) is 0 Å². The van der Waals surface area contributed by atoms with E-state index in [2.05, 4.69) is 4.98 Å². The van der Waals surface area contributed by atoms with Crippen molar-refractivity contribution < 1.29 is 24.4 Å². The molecule has 3 rings (SSSR count). The zero-order valence-electron chi connectivity index (χ0n) is 11.0. The van der Waals surface area contributed by atoms with Crippen LogP contribution in [0.15, 0.2) is 17.3 Å². The van der Waals surface area contributed by atoms with Gasteiger partial charge in [0.15, 0.2) is 17.7 Å². The quantitative estimate of drug-likeness (QED) is 0.622. The monoisotopic (exact) mass is 299 g/mol. The molecule has 1 aliphatic heterocycles. The van der Waals surface area contributed by atoms with Gasteiger partial charge in [-0.3, -0.25) is 4.79 Å². The summed E-state index contributed by atoms with van der Waals surface area (Å²) in [6.07, 6.45) is -2.60. The Morgan fingerprint density at radius 2 is 2.14 bits per heavy atom. The lowest BCUT2D eigenvalue weighted by molar-refractivity contribution is -0.0510.